The Labute approximate surface area is 143 Å². The monoisotopic (exact) mass is 333 g/mol. The fourth-order valence-corrected chi connectivity index (χ4v) is 3.15. The number of hydrogen-bond donors (Lipinski definition) is 1. The van der Waals surface area contributed by atoms with Crippen LogP contribution in [0, 0.1) is 0 Å². The number of nitrogens with one attached hydrogen (secondary N) is 1. The van der Waals surface area contributed by atoms with Crippen molar-refractivity contribution in [1.29, 1.82) is 0 Å². The van der Waals surface area contributed by atoms with Gasteiger partial charge < -0.3 is 19.9 Å². The van der Waals surface area contributed by atoms with Crippen molar-refractivity contribution in [2.75, 3.05) is 33.8 Å². The summed E-state index contributed by atoms with van der Waals surface area (Å²) in [5, 5.41) is 2.81. The molecule has 1 aromatic carbocycles. The number of ether oxygens (including phenoxy) is 1. The summed E-state index contributed by atoms with van der Waals surface area (Å²) in [6, 6.07) is 7.18. The van der Waals surface area contributed by atoms with Crippen molar-refractivity contribution in [3.8, 4) is 5.75 Å². The van der Waals surface area contributed by atoms with Gasteiger partial charge >= 0.3 is 0 Å². The highest BCUT2D eigenvalue weighted by Crippen LogP contribution is 2.16. The number of likely N-dealkylation sites (N-methyl/N-ethyl adjacent to an activating group) is 1. The SMILES string of the molecule is COc1cccc(C[C@@H](NC(C)=O)C(=O)N2CCN(C)C[C@@H]2C)c1. The van der Waals surface area contributed by atoms with Crippen LogP contribution in [-0.2, 0) is 16.0 Å². The predicted octanol–water partition coefficient (Wildman–Crippen LogP) is 0.905. The molecular weight excluding hydrogens is 306 g/mol. The van der Waals surface area contributed by atoms with E-state index < -0.39 is 6.04 Å². The zero-order valence-corrected chi connectivity index (χ0v) is 14.9. The van der Waals surface area contributed by atoms with Crippen LogP contribution in [0.5, 0.6) is 5.75 Å². The van der Waals surface area contributed by atoms with Crippen molar-refractivity contribution in [2.45, 2.75) is 32.4 Å². The Morgan fingerprint density at radius 1 is 1.38 bits per heavy atom. The minimum Gasteiger partial charge on any atom is -0.497 e. The number of carbonyl (C=O) groups is 2. The number of piperazine rings is 1. The van der Waals surface area contributed by atoms with E-state index in [2.05, 4.69) is 17.3 Å². The third-order valence-corrected chi connectivity index (χ3v) is 4.36. The summed E-state index contributed by atoms with van der Waals surface area (Å²) >= 11 is 0. The first-order chi connectivity index (χ1) is 11.4. The molecule has 1 fully saturated rings. The lowest BCUT2D eigenvalue weighted by Crippen LogP contribution is -2.58. The number of hydrogen-bond acceptors (Lipinski definition) is 4. The Bertz CT molecular complexity index is 591. The van der Waals surface area contributed by atoms with Crippen molar-refractivity contribution in [3.05, 3.63) is 29.8 Å². The fourth-order valence-electron chi connectivity index (χ4n) is 3.15. The van der Waals surface area contributed by atoms with E-state index in [1.54, 1.807) is 7.11 Å². The molecule has 1 aromatic rings. The van der Waals surface area contributed by atoms with Crippen molar-refractivity contribution in [2.24, 2.45) is 0 Å². The third-order valence-electron chi connectivity index (χ3n) is 4.36. The van der Waals surface area contributed by atoms with E-state index in [0.717, 1.165) is 24.4 Å². The number of amides is 2. The van der Waals surface area contributed by atoms with E-state index in [1.165, 1.54) is 6.92 Å². The first-order valence-corrected chi connectivity index (χ1v) is 8.29. The van der Waals surface area contributed by atoms with Crippen LogP contribution in [-0.4, -0.2) is 67.5 Å². The zero-order chi connectivity index (χ0) is 17.7. The summed E-state index contributed by atoms with van der Waals surface area (Å²) in [7, 11) is 3.67. The Hall–Kier alpha value is -2.08. The van der Waals surface area contributed by atoms with Crippen molar-refractivity contribution < 1.29 is 14.3 Å². The highest BCUT2D eigenvalue weighted by atomic mass is 16.5. The van der Waals surface area contributed by atoms with Gasteiger partial charge in [0.05, 0.1) is 7.11 Å². The summed E-state index contributed by atoms with van der Waals surface area (Å²) in [6.07, 6.45) is 0.453. The normalized spacial score (nSPS) is 19.7. The lowest BCUT2D eigenvalue weighted by Gasteiger charge is -2.40. The van der Waals surface area contributed by atoms with Gasteiger partial charge in [-0.05, 0) is 31.7 Å². The van der Waals surface area contributed by atoms with Gasteiger partial charge in [0.15, 0.2) is 0 Å². The smallest absolute Gasteiger partial charge is 0.245 e. The maximum Gasteiger partial charge on any atom is 0.245 e. The first kappa shape index (κ1) is 18.3. The van der Waals surface area contributed by atoms with Crippen LogP contribution < -0.4 is 10.1 Å². The Morgan fingerprint density at radius 3 is 2.75 bits per heavy atom. The molecule has 1 heterocycles. The molecule has 1 saturated heterocycles. The molecule has 2 atom stereocenters. The van der Waals surface area contributed by atoms with Gasteiger partial charge in [-0.3, -0.25) is 9.59 Å². The lowest BCUT2D eigenvalue weighted by atomic mass is 10.0. The molecule has 6 nitrogen and oxygen atoms in total. The Morgan fingerprint density at radius 2 is 2.12 bits per heavy atom. The van der Waals surface area contributed by atoms with Gasteiger partial charge in [-0.25, -0.2) is 0 Å². The van der Waals surface area contributed by atoms with Crippen LogP contribution in [0.25, 0.3) is 0 Å². The maximum absolute atomic E-state index is 13.0. The van der Waals surface area contributed by atoms with E-state index in [4.69, 9.17) is 4.74 Å². The predicted molar refractivity (Wildman–Crippen MR) is 93.0 cm³/mol. The van der Waals surface area contributed by atoms with Crippen molar-refractivity contribution in [1.82, 2.24) is 15.1 Å². The molecule has 132 valence electrons. The second-order valence-electron chi connectivity index (χ2n) is 6.45. The molecule has 6 heteroatoms. The van der Waals surface area contributed by atoms with Gasteiger partial charge in [-0.1, -0.05) is 12.1 Å². The minimum atomic E-state index is -0.555. The minimum absolute atomic E-state index is 0.0198. The van der Waals surface area contributed by atoms with Crippen LogP contribution in [0.15, 0.2) is 24.3 Å². The molecule has 0 unspecified atom stereocenters. The maximum atomic E-state index is 13.0. The summed E-state index contributed by atoms with van der Waals surface area (Å²) in [5.74, 6) is 0.529. The molecule has 0 spiro atoms. The molecule has 0 saturated carbocycles. The molecule has 1 N–H and O–H groups in total. The van der Waals surface area contributed by atoms with Gasteiger partial charge in [0.2, 0.25) is 11.8 Å². The number of benzene rings is 1. The van der Waals surface area contributed by atoms with E-state index in [-0.39, 0.29) is 17.9 Å². The summed E-state index contributed by atoms with van der Waals surface area (Å²) in [5.41, 5.74) is 0.961. The molecule has 24 heavy (non-hydrogen) atoms. The quantitative estimate of drug-likeness (QED) is 0.870. The third kappa shape index (κ3) is 4.71. The van der Waals surface area contributed by atoms with Crippen LogP contribution >= 0.6 is 0 Å². The molecule has 1 aliphatic rings. The molecule has 2 rings (SSSR count). The molecular formula is C18H27N3O3. The molecule has 0 radical (unpaired) electrons. The summed E-state index contributed by atoms with van der Waals surface area (Å²) < 4.78 is 5.23. The topological polar surface area (TPSA) is 61.9 Å². The molecule has 2 amide bonds. The van der Waals surface area contributed by atoms with Crippen LogP contribution in [0.1, 0.15) is 19.4 Å². The number of carbonyl (C=O) groups excluding carboxylic acids is 2. The largest absolute Gasteiger partial charge is 0.497 e. The van der Waals surface area contributed by atoms with Crippen molar-refractivity contribution in [3.63, 3.8) is 0 Å². The molecule has 0 aliphatic carbocycles. The van der Waals surface area contributed by atoms with Gasteiger partial charge in [-0.15, -0.1) is 0 Å². The Kier molecular flexibility index (Phi) is 6.20. The van der Waals surface area contributed by atoms with Gasteiger partial charge in [0.25, 0.3) is 0 Å². The number of methoxy groups -OCH3 is 1. The van der Waals surface area contributed by atoms with Crippen molar-refractivity contribution >= 4 is 11.8 Å². The standard InChI is InChI=1S/C18H27N3O3/c1-13-12-20(3)8-9-21(13)18(23)17(19-14(2)22)11-15-6-5-7-16(10-15)24-4/h5-7,10,13,17H,8-9,11-12H2,1-4H3,(H,19,22)/t13-,17+/m0/s1. The van der Waals surface area contributed by atoms with E-state index in [9.17, 15) is 9.59 Å². The first-order valence-electron chi connectivity index (χ1n) is 8.29. The summed E-state index contributed by atoms with van der Waals surface area (Å²) in [6.45, 7) is 5.87. The Balaban J connectivity index is 2.14. The highest BCUT2D eigenvalue weighted by Gasteiger charge is 2.31. The number of rotatable bonds is 5. The average Bonchev–Trinajstić information content (AvgIpc) is 2.53. The molecule has 0 bridgehead atoms. The van der Waals surface area contributed by atoms with Gasteiger partial charge in [0.1, 0.15) is 11.8 Å². The molecule has 1 aliphatic heterocycles. The highest BCUT2D eigenvalue weighted by molar-refractivity contribution is 5.87. The second-order valence-corrected chi connectivity index (χ2v) is 6.45. The van der Waals surface area contributed by atoms with E-state index in [0.29, 0.717) is 13.0 Å². The number of nitrogens with zero attached hydrogens (tertiary/aromatic N) is 2. The van der Waals surface area contributed by atoms with Gasteiger partial charge in [-0.2, -0.15) is 0 Å². The van der Waals surface area contributed by atoms with E-state index in [1.807, 2.05) is 36.1 Å². The summed E-state index contributed by atoms with van der Waals surface area (Å²) in [4.78, 5) is 28.6. The zero-order valence-electron chi connectivity index (χ0n) is 14.9. The molecule has 0 aromatic heterocycles. The lowest BCUT2D eigenvalue weighted by molar-refractivity contribution is -0.139. The van der Waals surface area contributed by atoms with Gasteiger partial charge in [0, 0.05) is 39.0 Å². The second kappa shape index (κ2) is 8.15. The van der Waals surface area contributed by atoms with Crippen LogP contribution in [0.3, 0.4) is 0 Å². The van der Waals surface area contributed by atoms with Crippen LogP contribution in [0.4, 0.5) is 0 Å². The fraction of sp³-hybridized carbons (Fsp3) is 0.556. The average molecular weight is 333 g/mol. The van der Waals surface area contributed by atoms with Crippen LogP contribution in [0.2, 0.25) is 0 Å². The van der Waals surface area contributed by atoms with E-state index >= 15 is 0 Å².